The molecule has 2 N–H and O–H groups in total. The van der Waals surface area contributed by atoms with Gasteiger partial charge in [0.15, 0.2) is 0 Å². The molecule has 0 saturated heterocycles. The summed E-state index contributed by atoms with van der Waals surface area (Å²) in [5, 5.41) is 7.82. The number of aromatic nitrogens is 3. The number of hydrogen-bond acceptors (Lipinski definition) is 5. The molecule has 6 rings (SSSR count). The third-order valence-electron chi connectivity index (χ3n) is 8.49. The van der Waals surface area contributed by atoms with Crippen molar-refractivity contribution in [1.29, 1.82) is 0 Å². The average molecular weight is 631 g/mol. The topological polar surface area (TPSA) is 101 Å². The summed E-state index contributed by atoms with van der Waals surface area (Å²) in [5.74, 6) is 1.11. The Balaban J connectivity index is 1.35. The number of fused-ring (bicyclic) bond motifs is 2. The van der Waals surface area contributed by atoms with Gasteiger partial charge in [0.25, 0.3) is 0 Å². The number of rotatable bonds is 6. The number of para-hydroxylation sites is 1. The lowest BCUT2D eigenvalue weighted by atomic mass is 9.92. The maximum absolute atomic E-state index is 12.9. The second-order valence-electron chi connectivity index (χ2n) is 13.4. The van der Waals surface area contributed by atoms with Gasteiger partial charge in [-0.2, -0.15) is 0 Å². The summed E-state index contributed by atoms with van der Waals surface area (Å²) >= 11 is 0. The largest absolute Gasteiger partial charge is 0.444 e. The number of carbonyl (C=O) groups is 2. The van der Waals surface area contributed by atoms with E-state index in [0.717, 1.165) is 64.0 Å². The zero-order chi connectivity index (χ0) is 33.3. The van der Waals surface area contributed by atoms with Crippen LogP contribution in [0.4, 0.5) is 21.0 Å². The summed E-state index contributed by atoms with van der Waals surface area (Å²) in [7, 11) is 1.82. The summed E-state index contributed by atoms with van der Waals surface area (Å²) < 4.78 is 7.85. The third kappa shape index (κ3) is 6.70. The molecule has 1 aliphatic rings. The first-order valence-electron chi connectivity index (χ1n) is 16.2. The Morgan fingerprint density at radius 3 is 2.36 bits per heavy atom. The second kappa shape index (κ2) is 12.9. The molecule has 1 atom stereocenters. The molecule has 3 amide bonds. The Kier molecular flexibility index (Phi) is 8.73. The first-order chi connectivity index (χ1) is 22.5. The molecule has 2 heterocycles. The van der Waals surface area contributed by atoms with Crippen LogP contribution in [0.3, 0.4) is 0 Å². The van der Waals surface area contributed by atoms with E-state index in [1.807, 2.05) is 101 Å². The number of allylic oxidation sites excluding steroid dienone is 1. The van der Waals surface area contributed by atoms with Gasteiger partial charge in [-0.25, -0.2) is 14.6 Å². The van der Waals surface area contributed by atoms with Gasteiger partial charge in [0.2, 0.25) is 0 Å². The fraction of sp³-hybridized carbons (Fsp3) is 0.316. The van der Waals surface area contributed by atoms with Crippen molar-refractivity contribution < 1.29 is 14.3 Å². The number of imidazole rings is 1. The maximum atomic E-state index is 12.9. The minimum atomic E-state index is -0.534. The number of carbonyl (C=O) groups excluding carboxylic acids is 2. The van der Waals surface area contributed by atoms with Gasteiger partial charge in [0.1, 0.15) is 11.4 Å². The summed E-state index contributed by atoms with van der Waals surface area (Å²) in [6.07, 6.45) is 8.10. The van der Waals surface area contributed by atoms with Gasteiger partial charge >= 0.3 is 12.1 Å². The molecule has 2 aromatic heterocycles. The zero-order valence-electron chi connectivity index (χ0n) is 27.9. The first-order valence-corrected chi connectivity index (χ1v) is 16.2. The highest BCUT2D eigenvalue weighted by molar-refractivity contribution is 6.10. The number of nitrogens with zero attached hydrogens (tertiary/aromatic N) is 4. The van der Waals surface area contributed by atoms with E-state index in [4.69, 9.17) is 14.7 Å². The molecule has 9 heteroatoms. The zero-order valence-corrected chi connectivity index (χ0v) is 27.9. The van der Waals surface area contributed by atoms with E-state index in [1.54, 1.807) is 4.90 Å². The smallest absolute Gasteiger partial charge is 0.410 e. The Morgan fingerprint density at radius 2 is 1.68 bits per heavy atom. The van der Waals surface area contributed by atoms with Crippen LogP contribution in [0.15, 0.2) is 85.2 Å². The lowest BCUT2D eigenvalue weighted by Crippen LogP contribution is -2.41. The normalized spacial score (nSPS) is 15.0. The molecule has 0 spiro atoms. The van der Waals surface area contributed by atoms with Gasteiger partial charge in [-0.15, -0.1) is 0 Å². The van der Waals surface area contributed by atoms with Crippen molar-refractivity contribution in [1.82, 2.24) is 19.3 Å². The highest BCUT2D eigenvalue weighted by Crippen LogP contribution is 2.38. The quantitative estimate of drug-likeness (QED) is 0.195. The molecule has 5 aromatic rings. The van der Waals surface area contributed by atoms with E-state index in [1.165, 1.54) is 5.57 Å². The molecule has 3 aromatic carbocycles. The lowest BCUT2D eigenvalue weighted by molar-refractivity contribution is 0.0215. The Morgan fingerprint density at radius 1 is 0.957 bits per heavy atom. The molecule has 1 unspecified atom stereocenters. The number of nitrogens with one attached hydrogen (secondary N) is 2. The van der Waals surface area contributed by atoms with Crippen LogP contribution < -0.4 is 10.6 Å². The highest BCUT2D eigenvalue weighted by Gasteiger charge is 2.28. The van der Waals surface area contributed by atoms with Crippen LogP contribution >= 0.6 is 0 Å². The van der Waals surface area contributed by atoms with Gasteiger partial charge < -0.3 is 20.3 Å². The van der Waals surface area contributed by atoms with Gasteiger partial charge in [-0.3, -0.25) is 9.38 Å². The van der Waals surface area contributed by atoms with Crippen LogP contribution in [-0.4, -0.2) is 50.1 Å². The molecular weight excluding hydrogens is 588 g/mol. The van der Waals surface area contributed by atoms with Gasteiger partial charge in [0, 0.05) is 35.6 Å². The van der Waals surface area contributed by atoms with Crippen molar-refractivity contribution in [3.8, 4) is 11.3 Å². The molecule has 1 aliphatic carbocycles. The fourth-order valence-corrected chi connectivity index (χ4v) is 6.18. The van der Waals surface area contributed by atoms with Gasteiger partial charge in [0.05, 0.1) is 35.0 Å². The minimum absolute atomic E-state index is 0.0666. The van der Waals surface area contributed by atoms with Crippen LogP contribution in [0, 0.1) is 0 Å². The summed E-state index contributed by atoms with van der Waals surface area (Å²) in [5.41, 5.74) is 5.84. The Labute approximate surface area is 275 Å². The summed E-state index contributed by atoms with van der Waals surface area (Å²) in [6.45, 7) is 9.96. The fourth-order valence-electron chi connectivity index (χ4n) is 6.18. The average Bonchev–Trinajstić information content (AvgIpc) is 3.44. The van der Waals surface area contributed by atoms with Crippen molar-refractivity contribution in [2.24, 2.45) is 0 Å². The Hall–Kier alpha value is -5.18. The highest BCUT2D eigenvalue weighted by atomic mass is 16.6. The van der Waals surface area contributed by atoms with Crippen LogP contribution in [0.1, 0.15) is 71.3 Å². The van der Waals surface area contributed by atoms with Crippen LogP contribution in [0.25, 0.3) is 33.1 Å². The standard InChI is InChI=1S/C38H42N6O3/c1-24(2)35-42-34(30-20-21-31(29-15-11-10-14-28(29)30)41-36(45)40-26-12-8-7-9-13-26)33-23-39-22-32(44(33)35)25-16-18-27(19-17-25)43(6)37(46)47-38(3,4)5/h7-16,20-24,27H,17-19H2,1-6H3,(H2,40,41,45). The van der Waals surface area contributed by atoms with E-state index in [9.17, 15) is 9.59 Å². The molecule has 0 bridgehead atoms. The van der Waals surface area contributed by atoms with Crippen LogP contribution in [0.5, 0.6) is 0 Å². The van der Waals surface area contributed by atoms with Crippen molar-refractivity contribution >= 4 is 45.4 Å². The summed E-state index contributed by atoms with van der Waals surface area (Å²) in [6, 6.07) is 21.1. The lowest BCUT2D eigenvalue weighted by Gasteiger charge is -2.32. The van der Waals surface area contributed by atoms with E-state index in [0.29, 0.717) is 5.69 Å². The number of anilines is 2. The molecule has 0 saturated carbocycles. The molecular formula is C38H42N6O3. The molecule has 9 nitrogen and oxygen atoms in total. The van der Waals surface area contributed by atoms with Crippen molar-refractivity contribution in [3.63, 3.8) is 0 Å². The van der Waals surface area contributed by atoms with Crippen molar-refractivity contribution in [2.75, 3.05) is 17.7 Å². The molecule has 47 heavy (non-hydrogen) atoms. The van der Waals surface area contributed by atoms with E-state index < -0.39 is 5.60 Å². The second-order valence-corrected chi connectivity index (χ2v) is 13.4. The number of ether oxygens (including phenoxy) is 1. The van der Waals surface area contributed by atoms with Crippen molar-refractivity contribution in [3.05, 3.63) is 96.7 Å². The number of amides is 3. The van der Waals surface area contributed by atoms with Crippen LogP contribution in [0.2, 0.25) is 0 Å². The van der Waals surface area contributed by atoms with E-state index in [2.05, 4.69) is 41.0 Å². The van der Waals surface area contributed by atoms with E-state index in [-0.39, 0.29) is 24.1 Å². The third-order valence-corrected chi connectivity index (χ3v) is 8.49. The maximum Gasteiger partial charge on any atom is 0.410 e. The van der Waals surface area contributed by atoms with E-state index >= 15 is 0 Å². The van der Waals surface area contributed by atoms with Crippen molar-refractivity contribution in [2.45, 2.75) is 71.4 Å². The van der Waals surface area contributed by atoms with Gasteiger partial charge in [-0.1, -0.05) is 68.5 Å². The Bertz CT molecular complexity index is 1970. The number of benzene rings is 3. The summed E-state index contributed by atoms with van der Waals surface area (Å²) in [4.78, 5) is 37.3. The molecule has 0 radical (unpaired) electrons. The first kappa shape index (κ1) is 31.8. The minimum Gasteiger partial charge on any atom is -0.444 e. The molecule has 242 valence electrons. The van der Waals surface area contributed by atoms with Crippen LogP contribution in [-0.2, 0) is 4.74 Å². The molecule has 0 aliphatic heterocycles. The number of urea groups is 1. The monoisotopic (exact) mass is 630 g/mol. The molecule has 0 fully saturated rings. The predicted octanol–water partition coefficient (Wildman–Crippen LogP) is 9.12. The SMILES string of the molecule is CC(C)c1nc(-c2ccc(NC(=O)Nc3ccccc3)c3ccccc23)c2cncc(C3=CCC(N(C)C(=O)OC(C)(C)C)CC3)n12. The van der Waals surface area contributed by atoms with Gasteiger partial charge in [-0.05, 0) is 69.2 Å². The predicted molar refractivity (Wildman–Crippen MR) is 189 cm³/mol. The number of hydrogen-bond donors (Lipinski definition) is 2.